The van der Waals surface area contributed by atoms with Crippen LogP contribution in [0.1, 0.15) is 10.5 Å². The molecule has 0 atom stereocenters. The Labute approximate surface area is 145 Å². The number of amides is 1. The third kappa shape index (κ3) is 3.97. The zero-order valence-electron chi connectivity index (χ0n) is 13.1. The smallest absolute Gasteiger partial charge is 0.274 e. The number of hydrogen-bond donors (Lipinski definition) is 2. The summed E-state index contributed by atoms with van der Waals surface area (Å²) in [6.07, 6.45) is 1.29. The molecule has 2 aromatic carbocycles. The number of nitrogens with one attached hydrogen (secondary N) is 2. The maximum absolute atomic E-state index is 13.7. The van der Waals surface area contributed by atoms with E-state index in [1.54, 1.807) is 0 Å². The minimum Gasteiger partial charge on any atom is -0.353 e. The van der Waals surface area contributed by atoms with Gasteiger partial charge < -0.3 is 10.6 Å². The molecule has 0 fully saturated rings. The predicted molar refractivity (Wildman–Crippen MR) is 88.2 cm³/mol. The van der Waals surface area contributed by atoms with Crippen LogP contribution in [0.2, 0.25) is 0 Å². The van der Waals surface area contributed by atoms with Crippen LogP contribution in [0.5, 0.6) is 0 Å². The number of hydrogen-bond acceptors (Lipinski definition) is 3. The van der Waals surface area contributed by atoms with Crippen LogP contribution in [-0.4, -0.2) is 10.9 Å². The molecule has 8 heteroatoms. The van der Waals surface area contributed by atoms with Gasteiger partial charge in [-0.2, -0.15) is 0 Å². The van der Waals surface area contributed by atoms with E-state index in [1.165, 1.54) is 24.4 Å². The van der Waals surface area contributed by atoms with Crippen molar-refractivity contribution in [1.29, 1.82) is 0 Å². The molecule has 1 heterocycles. The highest BCUT2D eigenvalue weighted by Gasteiger charge is 2.12. The number of nitrogens with zero attached hydrogens (tertiary/aromatic N) is 1. The maximum Gasteiger partial charge on any atom is 0.274 e. The van der Waals surface area contributed by atoms with Crippen LogP contribution >= 0.6 is 0 Å². The Morgan fingerprint density at radius 2 is 1.42 bits per heavy atom. The Kier molecular flexibility index (Phi) is 4.83. The largest absolute Gasteiger partial charge is 0.353 e. The highest BCUT2D eigenvalue weighted by Crippen LogP contribution is 2.21. The zero-order chi connectivity index (χ0) is 18.7. The molecule has 0 aliphatic heterocycles. The van der Waals surface area contributed by atoms with Gasteiger partial charge in [-0.25, -0.2) is 17.6 Å². The van der Waals surface area contributed by atoms with Gasteiger partial charge in [-0.15, -0.1) is 0 Å². The molecule has 3 aromatic rings. The van der Waals surface area contributed by atoms with Crippen molar-refractivity contribution in [2.24, 2.45) is 0 Å². The highest BCUT2D eigenvalue weighted by molar-refractivity contribution is 6.03. The van der Waals surface area contributed by atoms with Crippen LogP contribution in [0.15, 0.2) is 54.7 Å². The van der Waals surface area contributed by atoms with E-state index in [1.807, 2.05) is 0 Å². The second-order valence-electron chi connectivity index (χ2n) is 5.26. The van der Waals surface area contributed by atoms with E-state index in [9.17, 15) is 22.4 Å². The van der Waals surface area contributed by atoms with Crippen LogP contribution in [-0.2, 0) is 0 Å². The molecule has 26 heavy (non-hydrogen) atoms. The molecule has 3 rings (SSSR count). The summed E-state index contributed by atoms with van der Waals surface area (Å²) in [4.78, 5) is 16.0. The lowest BCUT2D eigenvalue weighted by Gasteiger charge is -2.10. The van der Waals surface area contributed by atoms with E-state index in [0.717, 1.165) is 18.2 Å². The first-order valence-corrected chi connectivity index (χ1v) is 7.37. The number of carbonyl (C=O) groups is 1. The number of aromatic nitrogens is 1. The van der Waals surface area contributed by atoms with E-state index in [4.69, 9.17) is 0 Å². The quantitative estimate of drug-likeness (QED) is 0.666. The van der Waals surface area contributed by atoms with Crippen molar-refractivity contribution in [2.45, 2.75) is 0 Å². The van der Waals surface area contributed by atoms with Gasteiger partial charge in [0, 0.05) is 24.0 Å². The Balaban J connectivity index is 1.79. The Bertz CT molecular complexity index is 978. The van der Waals surface area contributed by atoms with Gasteiger partial charge in [-0.1, -0.05) is 0 Å². The second kappa shape index (κ2) is 7.22. The third-order valence-electron chi connectivity index (χ3n) is 3.38. The molecule has 0 radical (unpaired) electrons. The molecule has 0 bridgehead atoms. The normalized spacial score (nSPS) is 10.5. The molecule has 0 spiro atoms. The summed E-state index contributed by atoms with van der Waals surface area (Å²) < 4.78 is 53.1. The summed E-state index contributed by atoms with van der Waals surface area (Å²) >= 11 is 0. The Hall–Kier alpha value is -3.42. The van der Waals surface area contributed by atoms with E-state index in [-0.39, 0.29) is 17.1 Å². The van der Waals surface area contributed by atoms with Crippen molar-refractivity contribution < 1.29 is 22.4 Å². The van der Waals surface area contributed by atoms with Crippen molar-refractivity contribution >= 4 is 23.0 Å². The molecule has 1 amide bonds. The van der Waals surface area contributed by atoms with Crippen molar-refractivity contribution in [2.75, 3.05) is 10.6 Å². The van der Waals surface area contributed by atoms with Gasteiger partial charge >= 0.3 is 0 Å². The topological polar surface area (TPSA) is 54.0 Å². The van der Waals surface area contributed by atoms with Crippen molar-refractivity contribution in [3.63, 3.8) is 0 Å². The lowest BCUT2D eigenvalue weighted by Crippen LogP contribution is -2.15. The van der Waals surface area contributed by atoms with Gasteiger partial charge in [0.05, 0.1) is 11.4 Å². The first-order chi connectivity index (χ1) is 12.4. The molecule has 132 valence electrons. The van der Waals surface area contributed by atoms with E-state index in [0.29, 0.717) is 17.8 Å². The molecule has 0 saturated heterocycles. The maximum atomic E-state index is 13.7. The van der Waals surface area contributed by atoms with Crippen molar-refractivity contribution in [1.82, 2.24) is 4.98 Å². The van der Waals surface area contributed by atoms with E-state index in [2.05, 4.69) is 15.6 Å². The number of anilines is 3. The molecule has 0 unspecified atom stereocenters. The molecule has 1 aromatic heterocycles. The number of pyridine rings is 1. The average Bonchev–Trinajstić information content (AvgIpc) is 2.60. The number of halogens is 4. The highest BCUT2D eigenvalue weighted by atomic mass is 19.1. The average molecular weight is 361 g/mol. The molecular formula is C18H11F4N3O. The van der Waals surface area contributed by atoms with Gasteiger partial charge in [0.2, 0.25) is 0 Å². The minimum atomic E-state index is -0.930. The Morgan fingerprint density at radius 1 is 0.808 bits per heavy atom. The van der Waals surface area contributed by atoms with Crippen molar-refractivity contribution in [3.8, 4) is 0 Å². The van der Waals surface area contributed by atoms with Crippen LogP contribution in [0.3, 0.4) is 0 Å². The number of carbonyl (C=O) groups excluding carboxylic acids is 1. The lowest BCUT2D eigenvalue weighted by molar-refractivity contribution is 0.102. The van der Waals surface area contributed by atoms with Gasteiger partial charge in [0.15, 0.2) is 0 Å². The summed E-state index contributed by atoms with van der Waals surface area (Å²) in [5, 5.41) is 4.96. The molecule has 0 saturated carbocycles. The molecule has 2 N–H and O–H groups in total. The van der Waals surface area contributed by atoms with Gasteiger partial charge in [0.25, 0.3) is 5.91 Å². The summed E-state index contributed by atoms with van der Waals surface area (Å²) in [6.45, 7) is 0. The lowest BCUT2D eigenvalue weighted by atomic mass is 10.2. The van der Waals surface area contributed by atoms with Crippen molar-refractivity contribution in [3.05, 3.63) is 83.7 Å². The molecule has 0 aliphatic carbocycles. The zero-order valence-corrected chi connectivity index (χ0v) is 13.1. The fourth-order valence-corrected chi connectivity index (χ4v) is 2.16. The Morgan fingerprint density at radius 3 is 2.04 bits per heavy atom. The SMILES string of the molecule is O=C(Nc1ccc(F)cc1F)c1cc(Nc2ccc(F)cc2F)ccn1. The molecular weight excluding hydrogens is 350 g/mol. The number of benzene rings is 2. The van der Waals surface area contributed by atoms with Gasteiger partial charge in [-0.05, 0) is 36.4 Å². The van der Waals surface area contributed by atoms with Crippen LogP contribution in [0.25, 0.3) is 0 Å². The van der Waals surface area contributed by atoms with Gasteiger partial charge in [-0.3, -0.25) is 9.78 Å². The number of rotatable bonds is 4. The summed E-state index contributed by atoms with van der Waals surface area (Å²) in [7, 11) is 0. The summed E-state index contributed by atoms with van der Waals surface area (Å²) in [6, 6.07) is 8.50. The molecule has 4 nitrogen and oxygen atoms in total. The molecule has 0 aliphatic rings. The van der Waals surface area contributed by atoms with E-state index < -0.39 is 29.2 Å². The van der Waals surface area contributed by atoms with Crippen LogP contribution in [0.4, 0.5) is 34.6 Å². The van der Waals surface area contributed by atoms with Crippen LogP contribution < -0.4 is 10.6 Å². The fraction of sp³-hybridized carbons (Fsp3) is 0. The first kappa shape index (κ1) is 17.4. The predicted octanol–water partition coefficient (Wildman–Crippen LogP) is 4.63. The third-order valence-corrected chi connectivity index (χ3v) is 3.38. The monoisotopic (exact) mass is 361 g/mol. The van der Waals surface area contributed by atoms with Gasteiger partial charge in [0.1, 0.15) is 29.0 Å². The summed E-state index contributed by atoms with van der Waals surface area (Å²) in [5.41, 5.74) is 0.0335. The minimum absolute atomic E-state index is 0.00790. The fourth-order valence-electron chi connectivity index (χ4n) is 2.16. The second-order valence-corrected chi connectivity index (χ2v) is 5.26. The van der Waals surface area contributed by atoms with E-state index >= 15 is 0 Å². The summed E-state index contributed by atoms with van der Waals surface area (Å²) in [5.74, 6) is -3.96. The first-order valence-electron chi connectivity index (χ1n) is 7.37. The standard InChI is InChI=1S/C18H11F4N3O/c19-10-1-3-15(13(21)7-10)24-12-5-6-23-17(9-12)18(26)25-16-4-2-11(20)8-14(16)22/h1-9H,(H,23,24)(H,25,26). The van der Waals surface area contributed by atoms with Crippen LogP contribution in [0, 0.1) is 23.3 Å².